The van der Waals surface area contributed by atoms with Crippen molar-refractivity contribution in [1.82, 2.24) is 0 Å². The van der Waals surface area contributed by atoms with E-state index in [1.165, 1.54) is 113 Å². The first-order chi connectivity index (χ1) is 14.9. The summed E-state index contributed by atoms with van der Waals surface area (Å²) in [5.41, 5.74) is 4.04. The molecular weight excluding hydrogens is 383 g/mol. The maximum Gasteiger partial charge on any atom is 1.00 e. The summed E-state index contributed by atoms with van der Waals surface area (Å²) in [6, 6.07) is 21.6. The molecule has 2 aromatic rings. The van der Waals surface area contributed by atoms with E-state index < -0.39 is 0 Å². The average Bonchev–Trinajstić information content (AvgIpc) is 2.80. The molecule has 0 aliphatic heterocycles. The number of hydrogen-bond acceptors (Lipinski definition) is 0. The van der Waals surface area contributed by atoms with Gasteiger partial charge in [-0.05, 0) is 29.5 Å². The molecule has 0 saturated heterocycles. The SMILES string of the molecule is CCCCCCCCCCCCCCCCC=C(c1ccccc1)c1ccccc1.[H-].[Na+]. The molecule has 0 heterocycles. The zero-order chi connectivity index (χ0) is 21.1. The molecule has 0 saturated carbocycles. The smallest absolute Gasteiger partial charge is 1.00 e. The number of unbranched alkanes of at least 4 members (excludes halogenated alkanes) is 14. The molecule has 0 fully saturated rings. The number of allylic oxidation sites excluding steroid dienone is 1. The van der Waals surface area contributed by atoms with Crippen molar-refractivity contribution >= 4 is 5.57 Å². The van der Waals surface area contributed by atoms with Gasteiger partial charge >= 0.3 is 29.6 Å². The minimum absolute atomic E-state index is 0. The minimum Gasteiger partial charge on any atom is -1.00 e. The third kappa shape index (κ3) is 13.4. The molecule has 0 radical (unpaired) electrons. The molecule has 0 bridgehead atoms. The average molecular weight is 429 g/mol. The fourth-order valence-corrected chi connectivity index (χ4v) is 4.22. The Hall–Kier alpha value is -0.820. The predicted octanol–water partition coefficient (Wildman–Crippen LogP) is 7.11. The summed E-state index contributed by atoms with van der Waals surface area (Å²) < 4.78 is 0. The second-order valence-corrected chi connectivity index (χ2v) is 8.73. The van der Waals surface area contributed by atoms with Gasteiger partial charge in [0.1, 0.15) is 0 Å². The summed E-state index contributed by atoms with van der Waals surface area (Å²) in [6.07, 6.45) is 23.5. The van der Waals surface area contributed by atoms with Crippen LogP contribution < -0.4 is 29.6 Å². The van der Waals surface area contributed by atoms with Crippen molar-refractivity contribution in [1.29, 1.82) is 0 Å². The molecular formula is C30H45Na. The Bertz CT molecular complexity index is 624. The van der Waals surface area contributed by atoms with Crippen LogP contribution in [0.15, 0.2) is 66.7 Å². The molecule has 0 spiro atoms. The monoisotopic (exact) mass is 428 g/mol. The van der Waals surface area contributed by atoms with Crippen molar-refractivity contribution in [3.8, 4) is 0 Å². The summed E-state index contributed by atoms with van der Waals surface area (Å²) in [5, 5.41) is 0. The first-order valence-corrected chi connectivity index (χ1v) is 12.7. The quantitative estimate of drug-likeness (QED) is 0.186. The summed E-state index contributed by atoms with van der Waals surface area (Å²) in [7, 11) is 0. The summed E-state index contributed by atoms with van der Waals surface area (Å²) in [6.45, 7) is 2.30. The van der Waals surface area contributed by atoms with E-state index in [0.29, 0.717) is 0 Å². The van der Waals surface area contributed by atoms with E-state index in [9.17, 15) is 0 Å². The van der Waals surface area contributed by atoms with E-state index in [1.807, 2.05) is 0 Å². The molecule has 0 nitrogen and oxygen atoms in total. The summed E-state index contributed by atoms with van der Waals surface area (Å²) in [4.78, 5) is 0. The molecule has 0 aromatic heterocycles. The van der Waals surface area contributed by atoms with Crippen LogP contribution in [0.5, 0.6) is 0 Å². The summed E-state index contributed by atoms with van der Waals surface area (Å²) in [5.74, 6) is 0. The first kappa shape index (κ1) is 28.2. The summed E-state index contributed by atoms with van der Waals surface area (Å²) >= 11 is 0. The van der Waals surface area contributed by atoms with E-state index >= 15 is 0 Å². The second-order valence-electron chi connectivity index (χ2n) is 8.73. The fraction of sp³-hybridized carbons (Fsp3) is 0.533. The molecule has 0 aliphatic carbocycles. The maximum absolute atomic E-state index is 2.45. The van der Waals surface area contributed by atoms with Gasteiger partial charge in [-0.3, -0.25) is 0 Å². The van der Waals surface area contributed by atoms with Crippen LogP contribution in [0.3, 0.4) is 0 Å². The Morgan fingerprint density at radius 1 is 0.548 bits per heavy atom. The van der Waals surface area contributed by atoms with Crippen molar-refractivity contribution in [3.63, 3.8) is 0 Å². The van der Waals surface area contributed by atoms with Crippen LogP contribution in [-0.4, -0.2) is 0 Å². The van der Waals surface area contributed by atoms with Crippen molar-refractivity contribution < 1.29 is 31.0 Å². The van der Waals surface area contributed by atoms with Crippen LogP contribution in [0.2, 0.25) is 0 Å². The Labute approximate surface area is 216 Å². The molecule has 0 aliphatic rings. The van der Waals surface area contributed by atoms with Crippen molar-refractivity contribution in [2.24, 2.45) is 0 Å². The van der Waals surface area contributed by atoms with Crippen LogP contribution in [0, 0.1) is 0 Å². The molecule has 0 unspecified atom stereocenters. The van der Waals surface area contributed by atoms with Gasteiger partial charge in [-0.25, -0.2) is 0 Å². The third-order valence-electron chi connectivity index (χ3n) is 6.08. The van der Waals surface area contributed by atoms with Crippen molar-refractivity contribution in [2.75, 3.05) is 0 Å². The standard InChI is InChI=1S/C30H44.Na.H/c1-2-3-4-5-6-7-8-9-10-11-12-13-14-15-22-27-30(28-23-18-16-19-24-28)29-25-20-17-21-26-29;;/h16-21,23-27H,2-15,22H2,1H3;;/q;+1;-1. The molecule has 1 heteroatoms. The topological polar surface area (TPSA) is 0 Å². The molecule has 31 heavy (non-hydrogen) atoms. The van der Waals surface area contributed by atoms with Crippen LogP contribution in [0.4, 0.5) is 0 Å². The Morgan fingerprint density at radius 2 is 0.903 bits per heavy atom. The molecule has 0 amide bonds. The molecule has 166 valence electrons. The van der Waals surface area contributed by atoms with Crippen molar-refractivity contribution in [2.45, 2.75) is 103 Å². The fourth-order valence-electron chi connectivity index (χ4n) is 4.22. The number of hydrogen-bond donors (Lipinski definition) is 0. The molecule has 0 atom stereocenters. The largest absolute Gasteiger partial charge is 1.00 e. The van der Waals surface area contributed by atoms with Crippen molar-refractivity contribution in [3.05, 3.63) is 77.9 Å². The maximum atomic E-state index is 2.45. The zero-order valence-corrected chi connectivity index (χ0v) is 22.5. The van der Waals surface area contributed by atoms with Gasteiger partial charge in [0.15, 0.2) is 0 Å². The van der Waals surface area contributed by atoms with Gasteiger partial charge in [0, 0.05) is 0 Å². The molecule has 0 N–H and O–H groups in total. The van der Waals surface area contributed by atoms with Crippen LogP contribution in [0.1, 0.15) is 116 Å². The van der Waals surface area contributed by atoms with Gasteiger partial charge in [0.25, 0.3) is 0 Å². The van der Waals surface area contributed by atoms with Gasteiger partial charge in [-0.1, -0.05) is 157 Å². The number of rotatable bonds is 17. The normalized spacial score (nSPS) is 10.5. The van der Waals surface area contributed by atoms with Crippen LogP contribution in [0.25, 0.3) is 5.57 Å². The Morgan fingerprint density at radius 3 is 1.29 bits per heavy atom. The van der Waals surface area contributed by atoms with Crippen LogP contribution >= 0.6 is 0 Å². The van der Waals surface area contributed by atoms with E-state index in [2.05, 4.69) is 73.7 Å². The minimum atomic E-state index is 0. The zero-order valence-electron chi connectivity index (χ0n) is 21.5. The second kappa shape index (κ2) is 19.8. The number of benzene rings is 2. The van der Waals surface area contributed by atoms with Gasteiger partial charge in [-0.2, -0.15) is 0 Å². The van der Waals surface area contributed by atoms with Gasteiger partial charge < -0.3 is 1.43 Å². The van der Waals surface area contributed by atoms with Gasteiger partial charge in [0.05, 0.1) is 0 Å². The first-order valence-electron chi connectivity index (χ1n) is 12.7. The van der Waals surface area contributed by atoms with Gasteiger partial charge in [-0.15, -0.1) is 0 Å². The van der Waals surface area contributed by atoms with E-state index in [-0.39, 0.29) is 31.0 Å². The van der Waals surface area contributed by atoms with E-state index in [4.69, 9.17) is 0 Å². The van der Waals surface area contributed by atoms with E-state index in [1.54, 1.807) is 0 Å². The Kier molecular flexibility index (Phi) is 18.1. The molecule has 2 aromatic carbocycles. The third-order valence-corrected chi connectivity index (χ3v) is 6.08. The predicted molar refractivity (Wildman–Crippen MR) is 136 cm³/mol. The van der Waals surface area contributed by atoms with Gasteiger partial charge in [0.2, 0.25) is 0 Å². The van der Waals surface area contributed by atoms with E-state index in [0.717, 1.165) is 0 Å². The Balaban J connectivity index is 0.00000480. The van der Waals surface area contributed by atoms with Crippen LogP contribution in [-0.2, 0) is 0 Å². The molecule has 2 rings (SSSR count).